The zero-order chi connectivity index (χ0) is 21.5. The van der Waals surface area contributed by atoms with Crippen molar-refractivity contribution in [2.45, 2.75) is 32.7 Å². The van der Waals surface area contributed by atoms with E-state index in [1.54, 1.807) is 19.2 Å². The largest absolute Gasteiger partial charge is 0.493 e. The van der Waals surface area contributed by atoms with E-state index in [0.717, 1.165) is 37.9 Å². The van der Waals surface area contributed by atoms with Crippen LogP contribution in [0.25, 0.3) is 0 Å². The van der Waals surface area contributed by atoms with E-state index in [0.29, 0.717) is 40.3 Å². The number of carbonyl (C=O) groups is 2. The molecule has 1 heterocycles. The second-order valence-corrected chi connectivity index (χ2v) is 8.07. The molecule has 0 bridgehead atoms. The summed E-state index contributed by atoms with van der Waals surface area (Å²) in [5.74, 6) is 0.959. The van der Waals surface area contributed by atoms with Gasteiger partial charge in [0.2, 0.25) is 0 Å². The summed E-state index contributed by atoms with van der Waals surface area (Å²) in [4.78, 5) is 26.9. The first-order chi connectivity index (χ1) is 14.5. The van der Waals surface area contributed by atoms with Gasteiger partial charge in [0.1, 0.15) is 0 Å². The third-order valence-electron chi connectivity index (χ3n) is 4.99. The molecule has 0 saturated carbocycles. The molecule has 1 aliphatic heterocycles. The molecular weight excluding hydrogens is 448 g/mol. The SMILES string of the molecule is CCCOc1c(Br)cc(C(=O)NCc2ccc(C(=O)N3CCCC3)cc2)cc1OC. The molecule has 0 atom stereocenters. The number of benzene rings is 2. The van der Waals surface area contributed by atoms with Crippen LogP contribution in [0.15, 0.2) is 40.9 Å². The highest BCUT2D eigenvalue weighted by atomic mass is 79.9. The van der Waals surface area contributed by atoms with Crippen LogP contribution in [0.3, 0.4) is 0 Å². The molecule has 2 aromatic carbocycles. The van der Waals surface area contributed by atoms with Crippen LogP contribution < -0.4 is 14.8 Å². The molecule has 2 aromatic rings. The number of methoxy groups -OCH3 is 1. The van der Waals surface area contributed by atoms with Crippen LogP contribution in [-0.2, 0) is 6.54 Å². The molecule has 2 amide bonds. The van der Waals surface area contributed by atoms with Gasteiger partial charge in [0, 0.05) is 30.8 Å². The first-order valence-electron chi connectivity index (χ1n) is 10.2. The lowest BCUT2D eigenvalue weighted by Gasteiger charge is -2.15. The Hall–Kier alpha value is -2.54. The lowest BCUT2D eigenvalue weighted by atomic mass is 10.1. The van der Waals surface area contributed by atoms with Gasteiger partial charge in [-0.15, -0.1) is 0 Å². The summed E-state index contributed by atoms with van der Waals surface area (Å²) >= 11 is 3.46. The fourth-order valence-electron chi connectivity index (χ4n) is 3.35. The quantitative estimate of drug-likeness (QED) is 0.614. The van der Waals surface area contributed by atoms with Gasteiger partial charge >= 0.3 is 0 Å². The molecular formula is C23H27BrN2O4. The van der Waals surface area contributed by atoms with Crippen molar-refractivity contribution in [3.8, 4) is 11.5 Å². The summed E-state index contributed by atoms with van der Waals surface area (Å²) < 4.78 is 11.8. The van der Waals surface area contributed by atoms with E-state index in [1.807, 2.05) is 36.1 Å². The summed E-state index contributed by atoms with van der Waals surface area (Å²) in [6.45, 7) is 4.62. The minimum Gasteiger partial charge on any atom is -0.493 e. The van der Waals surface area contributed by atoms with E-state index in [4.69, 9.17) is 9.47 Å². The lowest BCUT2D eigenvalue weighted by molar-refractivity contribution is 0.0792. The van der Waals surface area contributed by atoms with Gasteiger partial charge in [0.05, 0.1) is 18.2 Å². The maximum absolute atomic E-state index is 12.6. The standard InChI is InChI=1S/C23H27BrN2O4/c1-3-12-30-21-19(24)13-18(14-20(21)29-2)22(27)25-15-16-6-8-17(9-7-16)23(28)26-10-4-5-11-26/h6-9,13-14H,3-5,10-12,15H2,1-2H3,(H,25,27). The van der Waals surface area contributed by atoms with Gasteiger partial charge in [-0.25, -0.2) is 0 Å². The molecule has 0 unspecified atom stereocenters. The van der Waals surface area contributed by atoms with Crippen LogP contribution in [0.2, 0.25) is 0 Å². The summed E-state index contributed by atoms with van der Waals surface area (Å²) in [5, 5.41) is 2.91. The molecule has 0 radical (unpaired) electrons. The Bertz CT molecular complexity index is 893. The van der Waals surface area contributed by atoms with Crippen molar-refractivity contribution < 1.29 is 19.1 Å². The predicted octanol–water partition coefficient (Wildman–Crippen LogP) is 4.41. The normalized spacial score (nSPS) is 13.2. The molecule has 30 heavy (non-hydrogen) atoms. The van der Waals surface area contributed by atoms with Gasteiger partial charge in [0.25, 0.3) is 11.8 Å². The van der Waals surface area contributed by atoms with Gasteiger partial charge in [-0.05, 0) is 65.0 Å². The number of rotatable bonds is 8. The van der Waals surface area contributed by atoms with Crippen LogP contribution in [-0.4, -0.2) is 43.5 Å². The maximum Gasteiger partial charge on any atom is 0.253 e. The molecule has 0 aromatic heterocycles. The summed E-state index contributed by atoms with van der Waals surface area (Å²) in [7, 11) is 1.55. The number of nitrogens with one attached hydrogen (secondary N) is 1. The number of likely N-dealkylation sites (tertiary alicyclic amines) is 1. The summed E-state index contributed by atoms with van der Waals surface area (Å²) in [6.07, 6.45) is 3.02. The van der Waals surface area contributed by atoms with Crippen molar-refractivity contribution in [3.63, 3.8) is 0 Å². The molecule has 7 heteroatoms. The zero-order valence-electron chi connectivity index (χ0n) is 17.4. The van der Waals surface area contributed by atoms with Crippen LogP contribution in [0, 0.1) is 0 Å². The van der Waals surface area contributed by atoms with E-state index < -0.39 is 0 Å². The third-order valence-corrected chi connectivity index (χ3v) is 5.58. The average molecular weight is 475 g/mol. The minimum absolute atomic E-state index is 0.0745. The fourth-order valence-corrected chi connectivity index (χ4v) is 3.90. The molecule has 0 aliphatic carbocycles. The van der Waals surface area contributed by atoms with Crippen molar-refractivity contribution in [3.05, 3.63) is 57.6 Å². The van der Waals surface area contributed by atoms with Crippen molar-refractivity contribution in [2.75, 3.05) is 26.8 Å². The molecule has 1 N–H and O–H groups in total. The smallest absolute Gasteiger partial charge is 0.253 e. The van der Waals surface area contributed by atoms with Crippen LogP contribution >= 0.6 is 15.9 Å². The molecule has 1 fully saturated rings. The van der Waals surface area contributed by atoms with Crippen LogP contribution in [0.1, 0.15) is 52.5 Å². The molecule has 160 valence electrons. The van der Waals surface area contributed by atoms with Crippen LogP contribution in [0.5, 0.6) is 11.5 Å². The first kappa shape index (κ1) is 22.2. The number of ether oxygens (including phenoxy) is 2. The Morgan fingerprint density at radius 1 is 1.10 bits per heavy atom. The van der Waals surface area contributed by atoms with Gasteiger partial charge in [-0.1, -0.05) is 19.1 Å². The first-order valence-corrected chi connectivity index (χ1v) is 11.0. The number of amides is 2. The van der Waals surface area contributed by atoms with Gasteiger partial charge in [0.15, 0.2) is 11.5 Å². The Balaban J connectivity index is 1.62. The third kappa shape index (κ3) is 5.33. The zero-order valence-corrected chi connectivity index (χ0v) is 19.0. The highest BCUT2D eigenvalue weighted by molar-refractivity contribution is 9.10. The molecule has 0 spiro atoms. The van der Waals surface area contributed by atoms with Crippen molar-refractivity contribution in [1.82, 2.24) is 10.2 Å². The number of hydrogen-bond donors (Lipinski definition) is 1. The number of carbonyl (C=O) groups excluding carboxylic acids is 2. The van der Waals surface area contributed by atoms with E-state index in [2.05, 4.69) is 21.2 Å². The molecule has 3 rings (SSSR count). The molecule has 6 nitrogen and oxygen atoms in total. The number of nitrogens with zero attached hydrogens (tertiary/aromatic N) is 1. The summed E-state index contributed by atoms with van der Waals surface area (Å²) in [5.41, 5.74) is 2.09. The number of hydrogen-bond acceptors (Lipinski definition) is 4. The highest BCUT2D eigenvalue weighted by Crippen LogP contribution is 2.36. The Kier molecular flexibility index (Phi) is 7.74. The Labute approximate surface area is 185 Å². The second kappa shape index (κ2) is 10.5. The molecule has 1 saturated heterocycles. The van der Waals surface area contributed by atoms with Gasteiger partial charge in [-0.3, -0.25) is 9.59 Å². The average Bonchev–Trinajstić information content (AvgIpc) is 3.31. The highest BCUT2D eigenvalue weighted by Gasteiger charge is 2.19. The van der Waals surface area contributed by atoms with E-state index in [1.165, 1.54) is 0 Å². The van der Waals surface area contributed by atoms with Crippen molar-refractivity contribution in [1.29, 1.82) is 0 Å². The second-order valence-electron chi connectivity index (χ2n) is 7.22. The Morgan fingerprint density at radius 3 is 2.43 bits per heavy atom. The van der Waals surface area contributed by atoms with E-state index >= 15 is 0 Å². The molecule has 1 aliphatic rings. The summed E-state index contributed by atoms with van der Waals surface area (Å²) in [6, 6.07) is 10.8. The Morgan fingerprint density at radius 2 is 1.80 bits per heavy atom. The monoisotopic (exact) mass is 474 g/mol. The van der Waals surface area contributed by atoms with Crippen molar-refractivity contribution in [2.24, 2.45) is 0 Å². The topological polar surface area (TPSA) is 67.9 Å². The van der Waals surface area contributed by atoms with Crippen molar-refractivity contribution >= 4 is 27.7 Å². The van der Waals surface area contributed by atoms with E-state index in [9.17, 15) is 9.59 Å². The lowest BCUT2D eigenvalue weighted by Crippen LogP contribution is -2.27. The van der Waals surface area contributed by atoms with Crippen LogP contribution in [0.4, 0.5) is 0 Å². The van der Waals surface area contributed by atoms with Gasteiger partial charge < -0.3 is 19.7 Å². The maximum atomic E-state index is 12.6. The minimum atomic E-state index is -0.215. The number of halogens is 1. The predicted molar refractivity (Wildman–Crippen MR) is 119 cm³/mol. The van der Waals surface area contributed by atoms with E-state index in [-0.39, 0.29) is 11.8 Å². The van der Waals surface area contributed by atoms with Gasteiger partial charge in [-0.2, -0.15) is 0 Å². The fraction of sp³-hybridized carbons (Fsp3) is 0.391.